The van der Waals surface area contributed by atoms with Crippen LogP contribution in [-0.2, 0) is 14.4 Å². The maximum absolute atomic E-state index is 11.6. The van der Waals surface area contributed by atoms with Gasteiger partial charge in [0.05, 0.1) is 14.2 Å². The lowest BCUT2D eigenvalue weighted by Gasteiger charge is -2.11. The van der Waals surface area contributed by atoms with Gasteiger partial charge in [-0.15, -0.1) is 0 Å². The molecule has 1 aromatic rings. The summed E-state index contributed by atoms with van der Waals surface area (Å²) < 4.78 is 5.04. The van der Waals surface area contributed by atoms with Gasteiger partial charge in [-0.05, 0) is 30.7 Å². The van der Waals surface area contributed by atoms with E-state index in [4.69, 9.17) is 4.74 Å². The number of methoxy groups -OCH3 is 1. The Kier molecular flexibility index (Phi) is 6.25. The normalized spacial score (nSPS) is 11.9. The van der Waals surface area contributed by atoms with Gasteiger partial charge in [0.25, 0.3) is 5.91 Å². The molecule has 0 saturated heterocycles. The molecule has 1 aromatic carbocycles. The van der Waals surface area contributed by atoms with Crippen molar-refractivity contribution >= 4 is 17.9 Å². The van der Waals surface area contributed by atoms with Crippen LogP contribution in [0.1, 0.15) is 12.5 Å². The second kappa shape index (κ2) is 7.96. The molecule has 2 amide bonds. The predicted octanol–water partition coefficient (Wildman–Crippen LogP) is 0.891. The first kappa shape index (κ1) is 15.7. The number of rotatable bonds is 6. The van der Waals surface area contributed by atoms with Gasteiger partial charge in [-0.25, -0.2) is 5.48 Å². The molecule has 0 aromatic heterocycles. The lowest BCUT2D eigenvalue weighted by atomic mass is 10.2. The Morgan fingerprint density at radius 1 is 1.20 bits per heavy atom. The van der Waals surface area contributed by atoms with Gasteiger partial charge in [-0.3, -0.25) is 14.4 Å². The van der Waals surface area contributed by atoms with Gasteiger partial charge < -0.3 is 10.1 Å². The van der Waals surface area contributed by atoms with Crippen LogP contribution in [0.25, 0.3) is 6.08 Å². The average molecular weight is 278 g/mol. The Morgan fingerprint density at radius 2 is 1.85 bits per heavy atom. The summed E-state index contributed by atoms with van der Waals surface area (Å²) in [6.07, 6.45) is 3.01. The highest BCUT2D eigenvalue weighted by atomic mass is 16.6. The molecular formula is C14H18N2O4. The third kappa shape index (κ3) is 5.11. The van der Waals surface area contributed by atoms with Gasteiger partial charge in [-0.1, -0.05) is 12.1 Å². The zero-order valence-corrected chi connectivity index (χ0v) is 11.7. The molecule has 6 nitrogen and oxygen atoms in total. The monoisotopic (exact) mass is 278 g/mol. The Labute approximate surface area is 117 Å². The molecule has 0 aliphatic carbocycles. The summed E-state index contributed by atoms with van der Waals surface area (Å²) in [5.41, 5.74) is 3.00. The summed E-state index contributed by atoms with van der Waals surface area (Å²) in [4.78, 5) is 27.4. The topological polar surface area (TPSA) is 76.7 Å². The van der Waals surface area contributed by atoms with E-state index in [1.54, 1.807) is 32.2 Å². The molecule has 1 unspecified atom stereocenters. The van der Waals surface area contributed by atoms with E-state index in [1.165, 1.54) is 13.2 Å². The molecule has 0 saturated carbocycles. The van der Waals surface area contributed by atoms with Crippen molar-refractivity contribution in [2.24, 2.45) is 0 Å². The SMILES string of the molecule is CONC(=O)C(C)NC(=O)/C=C/c1ccc(OC)cc1. The van der Waals surface area contributed by atoms with Crippen LogP contribution < -0.4 is 15.5 Å². The number of amides is 2. The number of hydroxylamine groups is 1. The fourth-order valence-corrected chi connectivity index (χ4v) is 1.40. The van der Waals surface area contributed by atoms with Crippen LogP contribution in [0.15, 0.2) is 30.3 Å². The Balaban J connectivity index is 2.52. The van der Waals surface area contributed by atoms with Crippen molar-refractivity contribution < 1.29 is 19.2 Å². The Bertz CT molecular complexity index is 482. The molecule has 0 heterocycles. The molecule has 108 valence electrons. The number of nitrogens with one attached hydrogen (secondary N) is 2. The highest BCUT2D eigenvalue weighted by Gasteiger charge is 2.13. The van der Waals surface area contributed by atoms with Crippen LogP contribution in [0.2, 0.25) is 0 Å². The molecule has 0 fully saturated rings. The van der Waals surface area contributed by atoms with E-state index in [0.29, 0.717) is 0 Å². The zero-order chi connectivity index (χ0) is 15.0. The van der Waals surface area contributed by atoms with E-state index in [9.17, 15) is 9.59 Å². The highest BCUT2D eigenvalue weighted by molar-refractivity contribution is 5.95. The second-order valence-corrected chi connectivity index (χ2v) is 4.01. The van der Waals surface area contributed by atoms with Crippen LogP contribution in [0.4, 0.5) is 0 Å². The molecule has 2 N–H and O–H groups in total. The van der Waals surface area contributed by atoms with E-state index in [-0.39, 0.29) is 5.91 Å². The quantitative estimate of drug-likeness (QED) is 0.598. The average Bonchev–Trinajstić information content (AvgIpc) is 2.45. The molecule has 0 radical (unpaired) electrons. The molecule has 0 aliphatic rings. The van der Waals surface area contributed by atoms with E-state index < -0.39 is 11.9 Å². The number of hydrogen-bond donors (Lipinski definition) is 2. The van der Waals surface area contributed by atoms with Gasteiger partial charge in [0, 0.05) is 6.08 Å². The smallest absolute Gasteiger partial charge is 0.265 e. The first-order valence-electron chi connectivity index (χ1n) is 6.02. The van der Waals surface area contributed by atoms with Crippen LogP contribution in [0, 0.1) is 0 Å². The fourth-order valence-electron chi connectivity index (χ4n) is 1.40. The van der Waals surface area contributed by atoms with Gasteiger partial charge in [0.2, 0.25) is 5.91 Å². The first-order chi connectivity index (χ1) is 9.56. The lowest BCUT2D eigenvalue weighted by molar-refractivity contribution is -0.135. The number of carbonyl (C=O) groups excluding carboxylic acids is 2. The van der Waals surface area contributed by atoms with Crippen molar-refractivity contribution in [2.45, 2.75) is 13.0 Å². The molecule has 20 heavy (non-hydrogen) atoms. The summed E-state index contributed by atoms with van der Waals surface area (Å²) in [5.74, 6) is -0.0327. The first-order valence-corrected chi connectivity index (χ1v) is 6.02. The third-order valence-electron chi connectivity index (χ3n) is 2.50. The fraction of sp³-hybridized carbons (Fsp3) is 0.286. The van der Waals surface area contributed by atoms with Crippen molar-refractivity contribution in [3.63, 3.8) is 0 Å². The van der Waals surface area contributed by atoms with Crippen molar-refractivity contribution in [2.75, 3.05) is 14.2 Å². The maximum atomic E-state index is 11.6. The molecule has 0 bridgehead atoms. The summed E-state index contributed by atoms with van der Waals surface area (Å²) in [6.45, 7) is 1.56. The van der Waals surface area contributed by atoms with Gasteiger partial charge in [-0.2, -0.15) is 0 Å². The van der Waals surface area contributed by atoms with E-state index in [2.05, 4.69) is 15.6 Å². The third-order valence-corrected chi connectivity index (χ3v) is 2.50. The number of ether oxygens (including phenoxy) is 1. The summed E-state index contributed by atoms with van der Waals surface area (Å²) >= 11 is 0. The van der Waals surface area contributed by atoms with E-state index in [0.717, 1.165) is 11.3 Å². The molecule has 1 rings (SSSR count). The van der Waals surface area contributed by atoms with Gasteiger partial charge >= 0.3 is 0 Å². The summed E-state index contributed by atoms with van der Waals surface area (Å²) in [6, 6.07) is 6.56. The molecular weight excluding hydrogens is 260 g/mol. The largest absolute Gasteiger partial charge is 0.497 e. The van der Waals surface area contributed by atoms with Crippen molar-refractivity contribution in [3.8, 4) is 5.75 Å². The highest BCUT2D eigenvalue weighted by Crippen LogP contribution is 2.12. The van der Waals surface area contributed by atoms with E-state index in [1.807, 2.05) is 12.1 Å². The predicted molar refractivity (Wildman–Crippen MR) is 74.8 cm³/mol. The maximum Gasteiger partial charge on any atom is 0.265 e. The van der Waals surface area contributed by atoms with Crippen LogP contribution >= 0.6 is 0 Å². The van der Waals surface area contributed by atoms with Crippen LogP contribution in [0.5, 0.6) is 5.75 Å². The van der Waals surface area contributed by atoms with Crippen molar-refractivity contribution in [1.29, 1.82) is 0 Å². The Morgan fingerprint density at radius 3 is 2.40 bits per heavy atom. The van der Waals surface area contributed by atoms with Crippen LogP contribution in [-0.4, -0.2) is 32.1 Å². The number of hydrogen-bond acceptors (Lipinski definition) is 4. The minimum absolute atomic E-state index is 0.362. The lowest BCUT2D eigenvalue weighted by Crippen LogP contribution is -2.43. The van der Waals surface area contributed by atoms with E-state index >= 15 is 0 Å². The molecule has 0 spiro atoms. The number of benzene rings is 1. The van der Waals surface area contributed by atoms with Crippen molar-refractivity contribution in [3.05, 3.63) is 35.9 Å². The Hall–Kier alpha value is -2.34. The standard InChI is InChI=1S/C14H18N2O4/c1-10(14(18)16-20-3)15-13(17)9-6-11-4-7-12(19-2)8-5-11/h4-10H,1-3H3,(H,15,17)(H,16,18)/b9-6+. The summed E-state index contributed by atoms with van der Waals surface area (Å²) in [5, 5.41) is 2.51. The second-order valence-electron chi connectivity index (χ2n) is 4.01. The molecule has 6 heteroatoms. The van der Waals surface area contributed by atoms with Gasteiger partial charge in [0.15, 0.2) is 0 Å². The molecule has 0 aliphatic heterocycles. The van der Waals surface area contributed by atoms with Crippen molar-refractivity contribution in [1.82, 2.24) is 10.8 Å². The minimum Gasteiger partial charge on any atom is -0.497 e. The number of carbonyl (C=O) groups is 2. The summed E-state index contributed by atoms with van der Waals surface area (Å²) in [7, 11) is 2.92. The van der Waals surface area contributed by atoms with Gasteiger partial charge in [0.1, 0.15) is 11.8 Å². The molecule has 1 atom stereocenters. The zero-order valence-electron chi connectivity index (χ0n) is 11.7. The minimum atomic E-state index is -0.678. The van der Waals surface area contributed by atoms with Crippen LogP contribution in [0.3, 0.4) is 0 Å².